The molecule has 1 aliphatic rings. The average molecular weight is 281 g/mol. The molecule has 0 saturated carbocycles. The lowest BCUT2D eigenvalue weighted by molar-refractivity contribution is 0.201. The Morgan fingerprint density at radius 1 is 1.47 bits per heavy atom. The second-order valence-corrected chi connectivity index (χ2v) is 6.12. The number of hydrogen-bond donors (Lipinski definition) is 1. The van der Waals surface area contributed by atoms with E-state index in [2.05, 4.69) is 13.0 Å². The standard InChI is InChI=1S/C15H23NO2S/c1-11(9-16)13-6-3-7-14(15(13)17-2)18-12-5-4-8-19-10-12/h3,6-7,11-12H,4-5,8-10,16H2,1-2H3. The summed E-state index contributed by atoms with van der Waals surface area (Å²) in [6.07, 6.45) is 2.67. The van der Waals surface area contributed by atoms with Crippen LogP contribution in [0.25, 0.3) is 0 Å². The van der Waals surface area contributed by atoms with E-state index >= 15 is 0 Å². The van der Waals surface area contributed by atoms with E-state index in [1.165, 1.54) is 12.2 Å². The first-order valence-corrected chi connectivity index (χ1v) is 8.03. The van der Waals surface area contributed by atoms with Crippen molar-refractivity contribution in [1.29, 1.82) is 0 Å². The number of ether oxygens (including phenoxy) is 2. The molecule has 2 unspecified atom stereocenters. The maximum Gasteiger partial charge on any atom is 0.164 e. The first kappa shape index (κ1) is 14.5. The Bertz CT molecular complexity index is 405. The van der Waals surface area contributed by atoms with Crippen LogP contribution in [0.5, 0.6) is 11.5 Å². The van der Waals surface area contributed by atoms with Crippen LogP contribution in [0.4, 0.5) is 0 Å². The Hall–Kier alpha value is -0.870. The SMILES string of the molecule is COc1c(OC2CCCSC2)cccc1C(C)CN. The third kappa shape index (κ3) is 3.57. The third-order valence-corrected chi connectivity index (χ3v) is 4.69. The van der Waals surface area contributed by atoms with E-state index in [-0.39, 0.29) is 5.92 Å². The van der Waals surface area contributed by atoms with Gasteiger partial charge >= 0.3 is 0 Å². The lowest BCUT2D eigenvalue weighted by atomic mass is 10.00. The minimum Gasteiger partial charge on any atom is -0.493 e. The lowest BCUT2D eigenvalue weighted by Gasteiger charge is -2.25. The molecule has 0 radical (unpaired) electrons. The Morgan fingerprint density at radius 2 is 2.32 bits per heavy atom. The fraction of sp³-hybridized carbons (Fsp3) is 0.600. The van der Waals surface area contributed by atoms with E-state index in [1.807, 2.05) is 23.9 Å². The van der Waals surface area contributed by atoms with Crippen LogP contribution in [0, 0.1) is 0 Å². The highest BCUT2D eigenvalue weighted by Gasteiger charge is 2.20. The van der Waals surface area contributed by atoms with Gasteiger partial charge < -0.3 is 15.2 Å². The molecule has 0 amide bonds. The van der Waals surface area contributed by atoms with Crippen molar-refractivity contribution in [3.8, 4) is 11.5 Å². The minimum atomic E-state index is 0.277. The fourth-order valence-corrected chi connectivity index (χ4v) is 3.38. The molecule has 0 spiro atoms. The van der Waals surface area contributed by atoms with Gasteiger partial charge in [0.25, 0.3) is 0 Å². The maximum atomic E-state index is 6.13. The lowest BCUT2D eigenvalue weighted by Crippen LogP contribution is -2.23. The van der Waals surface area contributed by atoms with E-state index in [0.29, 0.717) is 12.6 Å². The van der Waals surface area contributed by atoms with Gasteiger partial charge in [0.2, 0.25) is 0 Å². The van der Waals surface area contributed by atoms with Crippen molar-refractivity contribution in [2.45, 2.75) is 31.8 Å². The molecule has 1 aromatic rings. The summed E-state index contributed by atoms with van der Waals surface area (Å²) in [5.41, 5.74) is 6.89. The summed E-state index contributed by atoms with van der Waals surface area (Å²) >= 11 is 1.96. The largest absolute Gasteiger partial charge is 0.493 e. The van der Waals surface area contributed by atoms with E-state index in [0.717, 1.165) is 29.2 Å². The smallest absolute Gasteiger partial charge is 0.164 e. The van der Waals surface area contributed by atoms with Crippen molar-refractivity contribution >= 4 is 11.8 Å². The number of para-hydroxylation sites is 1. The van der Waals surface area contributed by atoms with Crippen molar-refractivity contribution in [2.24, 2.45) is 5.73 Å². The van der Waals surface area contributed by atoms with Gasteiger partial charge in [-0.25, -0.2) is 0 Å². The molecule has 0 aromatic heterocycles. The second-order valence-electron chi connectivity index (χ2n) is 4.97. The monoisotopic (exact) mass is 281 g/mol. The predicted molar refractivity (Wildman–Crippen MR) is 81.4 cm³/mol. The summed E-state index contributed by atoms with van der Waals surface area (Å²) in [6, 6.07) is 6.08. The first-order chi connectivity index (χ1) is 9.26. The van der Waals surface area contributed by atoms with E-state index in [1.54, 1.807) is 7.11 Å². The van der Waals surface area contributed by atoms with Gasteiger partial charge in [0.05, 0.1) is 7.11 Å². The van der Waals surface area contributed by atoms with Gasteiger partial charge in [0.15, 0.2) is 11.5 Å². The molecule has 0 aliphatic carbocycles. The molecule has 2 rings (SSSR count). The van der Waals surface area contributed by atoms with Crippen LogP contribution in [0.1, 0.15) is 31.2 Å². The molecule has 0 bridgehead atoms. The predicted octanol–water partition coefficient (Wildman–Crippen LogP) is 3.03. The number of rotatable bonds is 5. The zero-order chi connectivity index (χ0) is 13.7. The number of thioether (sulfide) groups is 1. The Balaban J connectivity index is 2.19. The van der Waals surface area contributed by atoms with Gasteiger partial charge in [-0.1, -0.05) is 19.1 Å². The quantitative estimate of drug-likeness (QED) is 0.901. The second kappa shape index (κ2) is 7.06. The van der Waals surface area contributed by atoms with Gasteiger partial charge in [-0.2, -0.15) is 11.8 Å². The van der Waals surface area contributed by atoms with Crippen molar-refractivity contribution in [3.63, 3.8) is 0 Å². The summed E-state index contributed by atoms with van der Waals surface area (Å²) < 4.78 is 11.7. The van der Waals surface area contributed by atoms with Gasteiger partial charge in [-0.05, 0) is 37.1 Å². The Morgan fingerprint density at radius 3 is 2.95 bits per heavy atom. The van der Waals surface area contributed by atoms with Gasteiger partial charge in [0.1, 0.15) is 6.10 Å². The van der Waals surface area contributed by atoms with E-state index < -0.39 is 0 Å². The molecule has 2 N–H and O–H groups in total. The summed E-state index contributed by atoms with van der Waals surface area (Å²) in [5.74, 6) is 4.30. The molecule has 2 atom stereocenters. The minimum absolute atomic E-state index is 0.277. The third-order valence-electron chi connectivity index (χ3n) is 3.51. The van der Waals surface area contributed by atoms with Crippen LogP contribution < -0.4 is 15.2 Å². The van der Waals surface area contributed by atoms with Crippen molar-refractivity contribution < 1.29 is 9.47 Å². The van der Waals surface area contributed by atoms with Gasteiger partial charge in [-0.3, -0.25) is 0 Å². The summed E-state index contributed by atoms with van der Waals surface area (Å²) in [5, 5.41) is 0. The Labute approximate surface area is 119 Å². The number of nitrogens with two attached hydrogens (primary N) is 1. The summed E-state index contributed by atoms with van der Waals surface area (Å²) in [7, 11) is 1.70. The van der Waals surface area contributed by atoms with E-state index in [9.17, 15) is 0 Å². The van der Waals surface area contributed by atoms with E-state index in [4.69, 9.17) is 15.2 Å². The van der Waals surface area contributed by atoms with Crippen LogP contribution in [0.15, 0.2) is 18.2 Å². The van der Waals surface area contributed by atoms with Crippen LogP contribution in [-0.4, -0.2) is 31.3 Å². The molecule has 4 heteroatoms. The topological polar surface area (TPSA) is 44.5 Å². The molecule has 1 saturated heterocycles. The highest BCUT2D eigenvalue weighted by molar-refractivity contribution is 7.99. The molecular weight excluding hydrogens is 258 g/mol. The summed E-state index contributed by atoms with van der Waals surface area (Å²) in [4.78, 5) is 0. The van der Waals surface area contributed by atoms with Crippen LogP contribution in [0.3, 0.4) is 0 Å². The normalized spacial score (nSPS) is 20.9. The Kier molecular flexibility index (Phi) is 5.40. The van der Waals surface area contributed by atoms with Crippen molar-refractivity contribution in [1.82, 2.24) is 0 Å². The van der Waals surface area contributed by atoms with Gasteiger partial charge in [0, 0.05) is 11.3 Å². The molecule has 3 nitrogen and oxygen atoms in total. The molecular formula is C15H23NO2S. The number of hydrogen-bond acceptors (Lipinski definition) is 4. The van der Waals surface area contributed by atoms with Gasteiger partial charge in [-0.15, -0.1) is 0 Å². The van der Waals surface area contributed by atoms with Crippen molar-refractivity contribution in [3.05, 3.63) is 23.8 Å². The average Bonchev–Trinajstić information content (AvgIpc) is 2.47. The van der Waals surface area contributed by atoms with Crippen LogP contribution >= 0.6 is 11.8 Å². The highest BCUT2D eigenvalue weighted by atomic mass is 32.2. The highest BCUT2D eigenvalue weighted by Crippen LogP contribution is 2.36. The maximum absolute atomic E-state index is 6.13. The number of methoxy groups -OCH3 is 1. The fourth-order valence-electron chi connectivity index (χ4n) is 2.34. The molecule has 1 aromatic carbocycles. The molecule has 19 heavy (non-hydrogen) atoms. The van der Waals surface area contributed by atoms with Crippen LogP contribution in [0.2, 0.25) is 0 Å². The number of benzene rings is 1. The molecule has 1 fully saturated rings. The van der Waals surface area contributed by atoms with Crippen molar-refractivity contribution in [2.75, 3.05) is 25.2 Å². The zero-order valence-corrected chi connectivity index (χ0v) is 12.5. The van der Waals surface area contributed by atoms with Crippen LogP contribution in [-0.2, 0) is 0 Å². The molecule has 1 heterocycles. The summed E-state index contributed by atoms with van der Waals surface area (Å²) in [6.45, 7) is 2.72. The molecule has 1 aliphatic heterocycles. The zero-order valence-electron chi connectivity index (χ0n) is 11.7. The first-order valence-electron chi connectivity index (χ1n) is 6.87. The molecule has 106 valence electrons.